The average Bonchev–Trinajstić information content (AvgIpc) is 1.43. The van der Waals surface area contributed by atoms with Crippen LogP contribution in [0.5, 0.6) is 0 Å². The van der Waals surface area contributed by atoms with Gasteiger partial charge in [0, 0.05) is 62.4 Å². The quantitative estimate of drug-likeness (QED) is 0.228. The van der Waals surface area contributed by atoms with Crippen LogP contribution in [0.25, 0.3) is 0 Å². The van der Waals surface area contributed by atoms with Gasteiger partial charge in [-0.25, -0.2) is 0 Å². The third kappa shape index (κ3) is 21.0. The van der Waals surface area contributed by atoms with Gasteiger partial charge in [0.05, 0.1) is 36.6 Å². The van der Waals surface area contributed by atoms with E-state index in [4.69, 9.17) is 11.6 Å². The Bertz CT molecular complexity index is 2950. The number of piperidine rings is 1. The van der Waals surface area contributed by atoms with Gasteiger partial charge in [0.15, 0.2) is 0 Å². The number of nitrogens with one attached hydrogen (secondary N) is 4. The van der Waals surface area contributed by atoms with Crippen molar-refractivity contribution < 1.29 is 70.7 Å². The number of benzene rings is 1. The summed E-state index contributed by atoms with van der Waals surface area (Å²) < 4.78 is 41.2. The molecule has 0 aromatic heterocycles. The summed E-state index contributed by atoms with van der Waals surface area (Å²) in [4.78, 5) is 186. The maximum atomic E-state index is 15.3. The molecule has 1 aromatic carbocycles. The van der Waals surface area contributed by atoms with Crippen molar-refractivity contribution in [3.8, 4) is 0 Å². The van der Waals surface area contributed by atoms with Gasteiger partial charge in [-0.15, -0.1) is 0 Å². The molecule has 0 bridgehead atoms. The van der Waals surface area contributed by atoms with Gasteiger partial charge in [0.2, 0.25) is 70.9 Å². The number of amides is 12. The van der Waals surface area contributed by atoms with Crippen LogP contribution in [0, 0.1) is 23.7 Å². The summed E-state index contributed by atoms with van der Waals surface area (Å²) in [7, 11) is 9.75. The first kappa shape index (κ1) is 79.6. The van der Waals surface area contributed by atoms with Crippen LogP contribution in [0.4, 0.5) is 13.2 Å². The molecule has 1 spiro atoms. The van der Waals surface area contributed by atoms with Crippen molar-refractivity contribution in [3.05, 3.63) is 34.3 Å². The van der Waals surface area contributed by atoms with E-state index < -0.39 is 173 Å². The summed E-state index contributed by atoms with van der Waals surface area (Å²) in [6.07, 6.45) is 2.77. The fourth-order valence-corrected chi connectivity index (χ4v) is 13.8. The molecule has 0 unspecified atom stereocenters. The van der Waals surface area contributed by atoms with Crippen LogP contribution in [0.15, 0.2) is 18.2 Å². The lowest BCUT2D eigenvalue weighted by molar-refractivity contribution is -0.156. The van der Waals surface area contributed by atoms with Gasteiger partial charge in [-0.1, -0.05) is 111 Å². The van der Waals surface area contributed by atoms with E-state index in [1.165, 1.54) is 81.9 Å². The Hall–Kier alpha value is -7.06. The standard InChI is InChI=1S/C68H106ClF3N12O12/c1-15-43(6)57-64(94)79(10)39-55(87)77(8)40-56(88)81(12)51(36-45-24-18-16-19-25-45)62(92)78(9)38-53(85)74-49(29-27-46-26-28-47(48(69)35-46)68(70,71)72)60(90)73-44(7)59(89)76-67(30-20-21-31-67)66(96)83(14)58(42(4)5)65(95)82(13)52(63(93)84-32-22-17-23-33-84)37-54(86)80(11)50(34-41(2)3)61(91)75-57/h26,28,35,41-45,49-52,57-58H,15-25,27,29-34,36-40H2,1-14H3,(H,73,90)(H,74,85)(H,75,91)(H,76,89)/t43-,44-,49-,50-,51-,52-,57-,58-/m0/s1. The van der Waals surface area contributed by atoms with E-state index in [9.17, 15) is 61.1 Å². The first-order valence-corrected chi connectivity index (χ1v) is 34.5. The van der Waals surface area contributed by atoms with Crippen LogP contribution < -0.4 is 21.3 Å². The molecule has 1 aromatic rings. The molecule has 4 N–H and O–H groups in total. The monoisotopic (exact) mass is 1370 g/mol. The topological polar surface area (TPSA) is 279 Å². The van der Waals surface area contributed by atoms with Gasteiger partial charge >= 0.3 is 6.18 Å². The Kier molecular flexibility index (Phi) is 29.4. The molecule has 12 amide bonds. The minimum atomic E-state index is -4.76. The smallest absolute Gasteiger partial charge is 0.343 e. The Morgan fingerprint density at radius 2 is 1.23 bits per heavy atom. The fourth-order valence-electron chi connectivity index (χ4n) is 13.5. The van der Waals surface area contributed by atoms with Crippen LogP contribution in [0.2, 0.25) is 5.02 Å². The van der Waals surface area contributed by atoms with Crippen LogP contribution in [-0.4, -0.2) is 240 Å². The third-order valence-electron chi connectivity index (χ3n) is 19.8. The summed E-state index contributed by atoms with van der Waals surface area (Å²) in [5.41, 5.74) is -2.43. The highest BCUT2D eigenvalue weighted by molar-refractivity contribution is 6.31. The van der Waals surface area contributed by atoms with Crippen molar-refractivity contribution in [2.45, 2.75) is 218 Å². The number of carbonyl (C=O) groups is 12. The minimum absolute atomic E-state index is 0.0135. The molecule has 2 heterocycles. The lowest BCUT2D eigenvalue weighted by Gasteiger charge is -2.41. The number of likely N-dealkylation sites (tertiary alicyclic amines) is 1. The molecule has 2 saturated carbocycles. The number of carbonyl (C=O) groups excluding carboxylic acids is 12. The highest BCUT2D eigenvalue weighted by atomic mass is 35.5. The van der Waals surface area contributed by atoms with E-state index >= 15 is 9.59 Å². The van der Waals surface area contributed by atoms with Gasteiger partial charge in [-0.3, -0.25) is 57.5 Å². The molecular weight excluding hydrogens is 1270 g/mol. The number of hydrogen-bond acceptors (Lipinski definition) is 12. The van der Waals surface area contributed by atoms with E-state index in [2.05, 4.69) is 21.3 Å². The number of aryl methyl sites for hydroxylation is 1. The average molecular weight is 1380 g/mol. The second-order valence-corrected chi connectivity index (χ2v) is 28.5. The number of nitrogens with zero attached hydrogens (tertiary/aromatic N) is 8. The molecule has 4 aliphatic rings. The molecule has 2 aliphatic carbocycles. The molecule has 28 heteroatoms. The summed E-state index contributed by atoms with van der Waals surface area (Å²) in [6, 6.07) is -6.05. The Morgan fingerprint density at radius 3 is 1.80 bits per heavy atom. The van der Waals surface area contributed by atoms with E-state index in [-0.39, 0.29) is 55.9 Å². The lowest BCUT2D eigenvalue weighted by Crippen LogP contribution is -2.65. The van der Waals surface area contributed by atoms with Gasteiger partial charge in [-0.05, 0) is 106 Å². The lowest BCUT2D eigenvalue weighted by atomic mass is 9.84. The van der Waals surface area contributed by atoms with Gasteiger partial charge in [0.1, 0.15) is 47.8 Å². The largest absolute Gasteiger partial charge is 0.417 e. The van der Waals surface area contributed by atoms with Crippen molar-refractivity contribution in [1.29, 1.82) is 0 Å². The zero-order chi connectivity index (χ0) is 71.8. The molecule has 8 atom stereocenters. The van der Waals surface area contributed by atoms with Gasteiger partial charge < -0.3 is 60.5 Å². The van der Waals surface area contributed by atoms with Crippen molar-refractivity contribution in [1.82, 2.24) is 60.5 Å². The Morgan fingerprint density at radius 1 is 0.646 bits per heavy atom. The van der Waals surface area contributed by atoms with E-state index in [0.29, 0.717) is 45.2 Å². The Labute approximate surface area is 569 Å². The SMILES string of the molecule is CC[C@H](C)[C@@H]1NC(=O)[C@H](CC(C)C)N(C)C(=O)C[C@@H](C(=O)N2CCCCC2)N(C)C(=O)[C@H](C(C)C)N(C)C(=O)C2(CCCC2)NC(=O)[C@H](C)NC(=O)[C@H](CCc2ccc(C(F)(F)F)c(Cl)c2)NC(=O)CN(C)C(=O)[C@H](CC2CCCCC2)N(C)C(=O)CN(C)C(=O)CN(C)C1=O. The first-order chi connectivity index (χ1) is 44.9. The second-order valence-electron chi connectivity index (χ2n) is 28.1. The molecule has 538 valence electrons. The van der Waals surface area contributed by atoms with Crippen LogP contribution in [-0.2, 0) is 70.1 Å². The minimum Gasteiger partial charge on any atom is -0.343 e. The molecule has 2 saturated heterocycles. The third-order valence-corrected chi connectivity index (χ3v) is 20.1. The van der Waals surface area contributed by atoms with Gasteiger partial charge in [0.25, 0.3) is 0 Å². The van der Waals surface area contributed by atoms with Crippen LogP contribution in [0.1, 0.15) is 169 Å². The molecule has 5 rings (SSSR count). The number of hydrogen-bond donors (Lipinski definition) is 4. The van der Waals surface area contributed by atoms with Crippen LogP contribution in [0.3, 0.4) is 0 Å². The highest BCUT2D eigenvalue weighted by Gasteiger charge is 2.49. The summed E-state index contributed by atoms with van der Waals surface area (Å²) in [5, 5.41) is 10.4. The predicted molar refractivity (Wildman–Crippen MR) is 355 cm³/mol. The number of likely N-dealkylation sites (N-methyl/N-ethyl adjacent to an activating group) is 7. The zero-order valence-corrected chi connectivity index (χ0v) is 59.6. The van der Waals surface area contributed by atoms with Crippen molar-refractivity contribution in [3.63, 3.8) is 0 Å². The van der Waals surface area contributed by atoms with E-state index in [1.807, 2.05) is 20.8 Å². The highest BCUT2D eigenvalue weighted by Crippen LogP contribution is 2.36. The predicted octanol–water partition coefficient (Wildman–Crippen LogP) is 5.01. The summed E-state index contributed by atoms with van der Waals surface area (Å²) in [6.45, 7) is 11.1. The molecule has 24 nitrogen and oxygen atoms in total. The molecule has 0 radical (unpaired) electrons. The number of halogens is 4. The molecular formula is C68H106ClF3N12O12. The maximum Gasteiger partial charge on any atom is 0.417 e. The van der Waals surface area contributed by atoms with E-state index in [1.54, 1.807) is 25.7 Å². The van der Waals surface area contributed by atoms with Crippen molar-refractivity contribution in [2.24, 2.45) is 23.7 Å². The van der Waals surface area contributed by atoms with Crippen molar-refractivity contribution in [2.75, 3.05) is 82.1 Å². The molecule has 96 heavy (non-hydrogen) atoms. The number of alkyl halides is 3. The second kappa shape index (κ2) is 35.4. The molecule has 2 aliphatic heterocycles. The normalized spacial score (nSPS) is 25.8. The Balaban J connectivity index is 1.59. The summed E-state index contributed by atoms with van der Waals surface area (Å²) in [5.74, 6) is -9.62. The van der Waals surface area contributed by atoms with E-state index in [0.717, 1.165) is 65.4 Å². The molecule has 4 fully saturated rings. The van der Waals surface area contributed by atoms with Crippen LogP contribution >= 0.6 is 11.6 Å². The summed E-state index contributed by atoms with van der Waals surface area (Å²) >= 11 is 6.08. The zero-order valence-electron chi connectivity index (χ0n) is 58.8. The number of rotatable bonds is 11. The van der Waals surface area contributed by atoms with Crippen molar-refractivity contribution >= 4 is 82.5 Å². The fraction of sp³-hybridized carbons (Fsp3) is 0.735. The first-order valence-electron chi connectivity index (χ1n) is 34.1. The maximum absolute atomic E-state index is 15.3. The van der Waals surface area contributed by atoms with Gasteiger partial charge in [-0.2, -0.15) is 13.2 Å².